The molecule has 0 aromatic heterocycles. The molecule has 2 aliphatic rings. The molecular formula is C34H32N2O2. The Labute approximate surface area is 224 Å². The highest BCUT2D eigenvalue weighted by molar-refractivity contribution is 5.96. The maximum absolute atomic E-state index is 14.0. The molecule has 0 aliphatic carbocycles. The molecule has 6 rings (SSSR count). The van der Waals surface area contributed by atoms with Gasteiger partial charge in [0.15, 0.2) is 0 Å². The largest absolute Gasteiger partial charge is 0.459 e. The molecule has 1 saturated heterocycles. The van der Waals surface area contributed by atoms with Gasteiger partial charge < -0.3 is 10.1 Å². The minimum atomic E-state index is -1.37. The van der Waals surface area contributed by atoms with E-state index in [2.05, 4.69) is 79.9 Å². The van der Waals surface area contributed by atoms with Crippen LogP contribution < -0.4 is 15.4 Å². The predicted octanol–water partition coefficient (Wildman–Crippen LogP) is 6.71. The lowest BCUT2D eigenvalue weighted by Gasteiger charge is -2.46. The molecule has 1 amide bonds. The predicted molar refractivity (Wildman–Crippen MR) is 152 cm³/mol. The van der Waals surface area contributed by atoms with Gasteiger partial charge in [-0.2, -0.15) is 0 Å². The summed E-state index contributed by atoms with van der Waals surface area (Å²) < 4.78 is 6.63. The fourth-order valence-corrected chi connectivity index (χ4v) is 5.40. The molecule has 38 heavy (non-hydrogen) atoms. The summed E-state index contributed by atoms with van der Waals surface area (Å²) >= 11 is 0. The first-order valence-corrected chi connectivity index (χ1v) is 13.1. The summed E-state index contributed by atoms with van der Waals surface area (Å²) in [5.74, 6) is 0.476. The summed E-state index contributed by atoms with van der Waals surface area (Å²) in [4.78, 5) is 14.0. The smallest absolute Gasteiger partial charge is 0.284 e. The van der Waals surface area contributed by atoms with Crippen LogP contribution in [0.25, 0.3) is 5.57 Å². The van der Waals surface area contributed by atoms with Gasteiger partial charge in [0.05, 0.1) is 12.1 Å². The summed E-state index contributed by atoms with van der Waals surface area (Å²) in [5.41, 5.74) is 4.95. The van der Waals surface area contributed by atoms with Crippen LogP contribution in [-0.4, -0.2) is 11.6 Å². The number of amides is 1. The molecule has 0 saturated carbocycles. The van der Waals surface area contributed by atoms with Crippen LogP contribution >= 0.6 is 0 Å². The lowest BCUT2D eigenvalue weighted by Crippen LogP contribution is -2.67. The van der Waals surface area contributed by atoms with Gasteiger partial charge in [0.2, 0.25) is 0 Å². The first kappa shape index (κ1) is 24.2. The molecule has 4 aromatic carbocycles. The number of benzene rings is 4. The third kappa shape index (κ3) is 4.31. The monoisotopic (exact) mass is 500 g/mol. The Balaban J connectivity index is 1.50. The third-order valence-electron chi connectivity index (χ3n) is 7.48. The number of carbonyl (C=O) groups excluding carboxylic acids is 1. The van der Waals surface area contributed by atoms with E-state index in [1.54, 1.807) is 0 Å². The average molecular weight is 501 g/mol. The Bertz CT molecular complexity index is 1490. The van der Waals surface area contributed by atoms with Crippen molar-refractivity contribution in [3.8, 4) is 5.75 Å². The molecule has 2 N–H and O–H groups in total. The Morgan fingerprint density at radius 2 is 1.32 bits per heavy atom. The second-order valence-electron chi connectivity index (χ2n) is 11.1. The Morgan fingerprint density at radius 1 is 0.737 bits per heavy atom. The molecule has 190 valence electrons. The van der Waals surface area contributed by atoms with Gasteiger partial charge in [-0.25, -0.2) is 0 Å². The van der Waals surface area contributed by atoms with Crippen molar-refractivity contribution in [2.75, 3.05) is 0 Å². The van der Waals surface area contributed by atoms with E-state index in [0.717, 1.165) is 27.8 Å². The summed E-state index contributed by atoms with van der Waals surface area (Å²) in [6, 6.07) is 36.4. The van der Waals surface area contributed by atoms with Gasteiger partial charge in [-0.3, -0.25) is 10.1 Å². The van der Waals surface area contributed by atoms with Gasteiger partial charge in [0.25, 0.3) is 11.6 Å². The number of hydrogen-bond acceptors (Lipinski definition) is 3. The quantitative estimate of drug-likeness (QED) is 0.329. The fraction of sp³-hybridized carbons (Fsp3) is 0.206. The molecule has 4 nitrogen and oxygen atoms in total. The second-order valence-corrected chi connectivity index (χ2v) is 11.1. The maximum Gasteiger partial charge on any atom is 0.284 e. The number of rotatable bonds is 3. The normalized spacial score (nSPS) is 22.7. The van der Waals surface area contributed by atoms with Crippen molar-refractivity contribution in [3.05, 3.63) is 143 Å². The van der Waals surface area contributed by atoms with Crippen LogP contribution in [0.15, 0.2) is 115 Å². The lowest BCUT2D eigenvalue weighted by atomic mass is 9.82. The van der Waals surface area contributed by atoms with Crippen LogP contribution in [0.1, 0.15) is 60.7 Å². The zero-order valence-corrected chi connectivity index (χ0v) is 21.9. The minimum absolute atomic E-state index is 0.0201. The van der Waals surface area contributed by atoms with E-state index in [1.165, 1.54) is 5.56 Å². The van der Waals surface area contributed by atoms with Crippen molar-refractivity contribution in [2.24, 2.45) is 0 Å². The van der Waals surface area contributed by atoms with Gasteiger partial charge in [0.1, 0.15) is 5.75 Å². The standard InChI is InChI=1S/C34H32N2O2/c1-33(2,3)26-19-20-29-27(21-26)28(23-13-7-4-8-14-23)22-34(38-29)32(37)35-30(24-15-9-5-10-16-24)31(36-34)25-17-11-6-12-18-25/h4-22,30-31,36H,1-3H3,(H,35,37)/t30-,31-,34?/m1/s1. The van der Waals surface area contributed by atoms with E-state index in [-0.39, 0.29) is 23.4 Å². The van der Waals surface area contributed by atoms with Gasteiger partial charge >= 0.3 is 0 Å². The lowest BCUT2D eigenvalue weighted by molar-refractivity contribution is -0.141. The average Bonchev–Trinajstić information content (AvgIpc) is 2.94. The molecule has 2 aliphatic heterocycles. The molecule has 4 heteroatoms. The maximum atomic E-state index is 14.0. The van der Waals surface area contributed by atoms with Crippen LogP contribution in [0.3, 0.4) is 0 Å². The van der Waals surface area contributed by atoms with Gasteiger partial charge in [-0.1, -0.05) is 118 Å². The highest BCUT2D eigenvalue weighted by Gasteiger charge is 2.51. The first-order valence-electron chi connectivity index (χ1n) is 13.1. The molecule has 3 atom stereocenters. The molecular weight excluding hydrogens is 468 g/mol. The molecule has 1 fully saturated rings. The highest BCUT2D eigenvalue weighted by Crippen LogP contribution is 2.44. The molecule has 1 unspecified atom stereocenters. The van der Waals surface area contributed by atoms with Crippen molar-refractivity contribution in [3.63, 3.8) is 0 Å². The SMILES string of the molecule is CC(C)(C)c1ccc2c(c1)C(c1ccccc1)=CC1(N[C@H](c3ccccc3)[C@@H](c3ccccc3)NC1=O)O2. The van der Waals surface area contributed by atoms with Crippen molar-refractivity contribution in [1.82, 2.24) is 10.6 Å². The summed E-state index contributed by atoms with van der Waals surface area (Å²) in [6.45, 7) is 6.61. The van der Waals surface area contributed by atoms with Crippen molar-refractivity contribution < 1.29 is 9.53 Å². The second kappa shape index (κ2) is 9.30. The number of nitrogens with one attached hydrogen (secondary N) is 2. The first-order chi connectivity index (χ1) is 18.3. The summed E-state index contributed by atoms with van der Waals surface area (Å²) in [7, 11) is 0. The Morgan fingerprint density at radius 3 is 1.92 bits per heavy atom. The van der Waals surface area contributed by atoms with Crippen LogP contribution in [0.4, 0.5) is 0 Å². The zero-order valence-electron chi connectivity index (χ0n) is 21.9. The van der Waals surface area contributed by atoms with Gasteiger partial charge in [-0.05, 0) is 51.5 Å². The van der Waals surface area contributed by atoms with E-state index in [1.807, 2.05) is 66.7 Å². The number of fused-ring (bicyclic) bond motifs is 1. The minimum Gasteiger partial charge on any atom is -0.459 e. The Hall–Kier alpha value is -4.15. The molecule has 2 heterocycles. The summed E-state index contributed by atoms with van der Waals surface area (Å²) in [5, 5.41) is 6.97. The zero-order chi connectivity index (χ0) is 26.3. The van der Waals surface area contributed by atoms with Crippen molar-refractivity contribution in [1.29, 1.82) is 0 Å². The van der Waals surface area contributed by atoms with Crippen LogP contribution in [0, 0.1) is 0 Å². The van der Waals surface area contributed by atoms with Crippen molar-refractivity contribution in [2.45, 2.75) is 44.0 Å². The fourth-order valence-electron chi connectivity index (χ4n) is 5.40. The van der Waals surface area contributed by atoms with Gasteiger partial charge in [0, 0.05) is 5.56 Å². The van der Waals surface area contributed by atoms with E-state index in [9.17, 15) is 4.79 Å². The van der Waals surface area contributed by atoms with E-state index >= 15 is 0 Å². The third-order valence-corrected chi connectivity index (χ3v) is 7.48. The summed E-state index contributed by atoms with van der Waals surface area (Å²) in [6.07, 6.45) is 1.96. The molecule has 0 bridgehead atoms. The number of piperazine rings is 1. The topological polar surface area (TPSA) is 50.4 Å². The van der Waals surface area contributed by atoms with E-state index < -0.39 is 5.72 Å². The van der Waals surface area contributed by atoms with E-state index in [0.29, 0.717) is 5.75 Å². The number of hydrogen-bond donors (Lipinski definition) is 2. The van der Waals surface area contributed by atoms with Crippen LogP contribution in [0.2, 0.25) is 0 Å². The highest BCUT2D eigenvalue weighted by atomic mass is 16.5. The molecule has 4 aromatic rings. The van der Waals surface area contributed by atoms with Crippen molar-refractivity contribution >= 4 is 11.5 Å². The van der Waals surface area contributed by atoms with E-state index in [4.69, 9.17) is 4.74 Å². The van der Waals surface area contributed by atoms with Crippen LogP contribution in [-0.2, 0) is 10.2 Å². The Kier molecular flexibility index (Phi) is 5.93. The van der Waals surface area contributed by atoms with Gasteiger partial charge in [-0.15, -0.1) is 0 Å². The molecule has 0 radical (unpaired) electrons. The number of ether oxygens (including phenoxy) is 1. The van der Waals surface area contributed by atoms with Crippen LogP contribution in [0.5, 0.6) is 5.75 Å². The number of carbonyl (C=O) groups is 1. The molecule has 1 spiro atoms.